The molecule has 168 valence electrons. The van der Waals surface area contributed by atoms with Gasteiger partial charge in [0.1, 0.15) is 0 Å². The van der Waals surface area contributed by atoms with Crippen molar-refractivity contribution in [3.63, 3.8) is 0 Å². The van der Waals surface area contributed by atoms with E-state index in [-0.39, 0.29) is 5.41 Å². The summed E-state index contributed by atoms with van der Waals surface area (Å²) in [4.78, 5) is 0. The molecule has 0 bridgehead atoms. The number of rotatable bonds is 3. The average Bonchev–Trinajstić information content (AvgIpc) is 3.38. The summed E-state index contributed by atoms with van der Waals surface area (Å²) < 4.78 is 0. The van der Waals surface area contributed by atoms with Crippen molar-refractivity contribution in [2.45, 2.75) is 32.1 Å². The maximum absolute atomic E-state index is 2.44. The van der Waals surface area contributed by atoms with Gasteiger partial charge in [-0.25, -0.2) is 0 Å². The van der Waals surface area contributed by atoms with E-state index in [2.05, 4.69) is 123 Å². The first-order valence-corrected chi connectivity index (χ1v) is 12.6. The largest absolute Gasteiger partial charge is 0.0619 e. The molecule has 0 fully saturated rings. The molecule has 5 aromatic carbocycles. The molecule has 0 radical (unpaired) electrons. The zero-order valence-electron chi connectivity index (χ0n) is 20.3. The molecule has 0 amide bonds. The van der Waals surface area contributed by atoms with E-state index in [4.69, 9.17) is 0 Å². The lowest BCUT2D eigenvalue weighted by Crippen LogP contribution is -2.15. The molecule has 0 heterocycles. The van der Waals surface area contributed by atoms with Gasteiger partial charge in [-0.05, 0) is 79.6 Å². The predicted octanol–water partition coefficient (Wildman–Crippen LogP) is 8.82. The highest BCUT2D eigenvalue weighted by atomic mass is 14.4. The van der Waals surface area contributed by atoms with E-state index in [1.807, 2.05) is 0 Å². The van der Waals surface area contributed by atoms with Gasteiger partial charge in [-0.3, -0.25) is 0 Å². The van der Waals surface area contributed by atoms with E-state index >= 15 is 0 Å². The second-order valence-corrected chi connectivity index (χ2v) is 10.6. The fraction of sp³-hybridized carbons (Fsp3) is 0.143. The van der Waals surface area contributed by atoms with Gasteiger partial charge < -0.3 is 0 Å². The standard InChI is InChI=1S/C35H28/c1-35(2)33-13-6-5-10-30(33)31-19-16-24(21-34(31)35)20-23-14-17-25(18-15-23)27-11-7-12-29-28-9-4-3-8-26(28)22-32(27)29/h3-19,21H,20,22H2,1-2H3. The van der Waals surface area contributed by atoms with Crippen LogP contribution < -0.4 is 0 Å². The van der Waals surface area contributed by atoms with Gasteiger partial charge in [0.05, 0.1) is 0 Å². The molecule has 7 rings (SSSR count). The molecule has 0 spiro atoms. The first-order chi connectivity index (χ1) is 17.1. The highest BCUT2D eigenvalue weighted by Crippen LogP contribution is 2.48. The van der Waals surface area contributed by atoms with Crippen LogP contribution in [0.5, 0.6) is 0 Å². The lowest BCUT2D eigenvalue weighted by Gasteiger charge is -2.22. The van der Waals surface area contributed by atoms with Crippen molar-refractivity contribution in [2.24, 2.45) is 0 Å². The van der Waals surface area contributed by atoms with E-state index < -0.39 is 0 Å². The summed E-state index contributed by atoms with van der Waals surface area (Å²) in [6.45, 7) is 4.71. The van der Waals surface area contributed by atoms with Crippen LogP contribution in [0.1, 0.15) is 47.2 Å². The molecule has 0 unspecified atom stereocenters. The molecule has 0 nitrogen and oxygen atoms in total. The average molecular weight is 449 g/mol. The van der Waals surface area contributed by atoms with Crippen LogP contribution in [-0.4, -0.2) is 0 Å². The molecular formula is C35H28. The number of hydrogen-bond acceptors (Lipinski definition) is 0. The number of benzene rings is 5. The molecule has 0 atom stereocenters. The predicted molar refractivity (Wildman–Crippen MR) is 147 cm³/mol. The van der Waals surface area contributed by atoms with Crippen LogP contribution in [0, 0.1) is 0 Å². The minimum Gasteiger partial charge on any atom is -0.0619 e. The zero-order valence-corrected chi connectivity index (χ0v) is 20.3. The second-order valence-electron chi connectivity index (χ2n) is 10.6. The van der Waals surface area contributed by atoms with Crippen molar-refractivity contribution < 1.29 is 0 Å². The summed E-state index contributed by atoms with van der Waals surface area (Å²) in [6.07, 6.45) is 1.98. The number of fused-ring (bicyclic) bond motifs is 6. The summed E-state index contributed by atoms with van der Waals surface area (Å²) >= 11 is 0. The van der Waals surface area contributed by atoms with Gasteiger partial charge >= 0.3 is 0 Å². The lowest BCUT2D eigenvalue weighted by molar-refractivity contribution is 0.659. The third-order valence-corrected chi connectivity index (χ3v) is 8.17. The molecule has 0 aliphatic heterocycles. The van der Waals surface area contributed by atoms with E-state index in [1.54, 1.807) is 0 Å². The summed E-state index contributed by atoms with van der Waals surface area (Å²) in [5, 5.41) is 0. The highest BCUT2D eigenvalue weighted by molar-refractivity contribution is 5.85. The smallest absolute Gasteiger partial charge is 0.0158 e. The van der Waals surface area contributed by atoms with Crippen LogP contribution in [-0.2, 0) is 18.3 Å². The second kappa shape index (κ2) is 7.55. The lowest BCUT2D eigenvalue weighted by atomic mass is 9.81. The van der Waals surface area contributed by atoms with Gasteiger partial charge in [0.25, 0.3) is 0 Å². The number of hydrogen-bond donors (Lipinski definition) is 0. The third-order valence-electron chi connectivity index (χ3n) is 8.17. The molecule has 2 aliphatic carbocycles. The van der Waals surface area contributed by atoms with Gasteiger partial charge in [0.2, 0.25) is 0 Å². The van der Waals surface area contributed by atoms with E-state index in [1.165, 1.54) is 66.8 Å². The van der Waals surface area contributed by atoms with Crippen LogP contribution in [0.15, 0.2) is 109 Å². The summed E-state index contributed by atoms with van der Waals surface area (Å²) in [5.74, 6) is 0. The first-order valence-electron chi connectivity index (χ1n) is 12.6. The third kappa shape index (κ3) is 3.13. The minimum atomic E-state index is 0.0526. The monoisotopic (exact) mass is 448 g/mol. The van der Waals surface area contributed by atoms with Gasteiger partial charge in [-0.2, -0.15) is 0 Å². The van der Waals surface area contributed by atoms with Crippen LogP contribution in [0.2, 0.25) is 0 Å². The van der Waals surface area contributed by atoms with Crippen molar-refractivity contribution in [1.29, 1.82) is 0 Å². The normalized spacial score (nSPS) is 14.2. The van der Waals surface area contributed by atoms with E-state index in [0.29, 0.717) is 0 Å². The van der Waals surface area contributed by atoms with E-state index in [0.717, 1.165) is 12.8 Å². The molecule has 0 saturated heterocycles. The molecule has 2 aliphatic rings. The van der Waals surface area contributed by atoms with Gasteiger partial charge in [0, 0.05) is 5.41 Å². The minimum absolute atomic E-state index is 0.0526. The molecule has 0 N–H and O–H groups in total. The van der Waals surface area contributed by atoms with Gasteiger partial charge in [0.15, 0.2) is 0 Å². The molecule has 5 aromatic rings. The Bertz CT molecular complexity index is 1600. The van der Waals surface area contributed by atoms with Crippen LogP contribution >= 0.6 is 0 Å². The molecular weight excluding hydrogens is 420 g/mol. The van der Waals surface area contributed by atoms with Crippen LogP contribution in [0.25, 0.3) is 33.4 Å². The Morgan fingerprint density at radius 3 is 2.06 bits per heavy atom. The quantitative estimate of drug-likeness (QED) is 0.254. The summed E-state index contributed by atoms with van der Waals surface area (Å²) in [5.41, 5.74) is 16.8. The fourth-order valence-corrected chi connectivity index (χ4v) is 6.33. The van der Waals surface area contributed by atoms with Crippen LogP contribution in [0.4, 0.5) is 0 Å². The van der Waals surface area contributed by atoms with Crippen molar-refractivity contribution in [1.82, 2.24) is 0 Å². The van der Waals surface area contributed by atoms with Crippen molar-refractivity contribution >= 4 is 0 Å². The van der Waals surface area contributed by atoms with Crippen molar-refractivity contribution in [3.8, 4) is 33.4 Å². The Balaban J connectivity index is 1.18. The van der Waals surface area contributed by atoms with Crippen molar-refractivity contribution in [2.75, 3.05) is 0 Å². The maximum Gasteiger partial charge on any atom is 0.0158 e. The van der Waals surface area contributed by atoms with E-state index in [9.17, 15) is 0 Å². The van der Waals surface area contributed by atoms with Crippen LogP contribution in [0.3, 0.4) is 0 Å². The fourth-order valence-electron chi connectivity index (χ4n) is 6.33. The Kier molecular flexibility index (Phi) is 4.42. The molecule has 0 heteroatoms. The molecule has 0 saturated carbocycles. The summed E-state index contributed by atoms with van der Waals surface area (Å²) in [6, 6.07) is 40.7. The van der Waals surface area contributed by atoms with Crippen molar-refractivity contribution in [3.05, 3.63) is 143 Å². The SMILES string of the molecule is CC1(C)c2ccccc2-c2ccc(Cc3ccc(-c4cccc5c4Cc4ccccc4-5)cc3)cc21. The molecule has 0 aromatic heterocycles. The Labute approximate surface area is 207 Å². The zero-order chi connectivity index (χ0) is 23.6. The maximum atomic E-state index is 2.44. The van der Waals surface area contributed by atoms with Gasteiger partial charge in [-0.1, -0.05) is 123 Å². The summed E-state index contributed by atoms with van der Waals surface area (Å²) in [7, 11) is 0. The topological polar surface area (TPSA) is 0 Å². The first kappa shape index (κ1) is 20.5. The Morgan fingerprint density at radius 2 is 1.20 bits per heavy atom. The highest BCUT2D eigenvalue weighted by Gasteiger charge is 2.35. The Hall–Kier alpha value is -3.90. The Morgan fingerprint density at radius 1 is 0.543 bits per heavy atom. The van der Waals surface area contributed by atoms with Gasteiger partial charge in [-0.15, -0.1) is 0 Å². The molecule has 35 heavy (non-hydrogen) atoms.